The molecule has 0 spiro atoms. The van der Waals surface area contributed by atoms with Gasteiger partial charge in [0, 0.05) is 13.0 Å². The van der Waals surface area contributed by atoms with Crippen molar-refractivity contribution in [2.24, 2.45) is 5.92 Å². The molecule has 0 rings (SSSR count). The molecule has 0 aromatic heterocycles. The quantitative estimate of drug-likeness (QED) is 0.496. The molecule has 0 aliphatic heterocycles. The molecule has 1 unspecified atom stereocenters. The van der Waals surface area contributed by atoms with Gasteiger partial charge in [0.25, 0.3) is 0 Å². The van der Waals surface area contributed by atoms with Gasteiger partial charge in [-0.2, -0.15) is 0 Å². The second-order valence-corrected chi connectivity index (χ2v) is 2.87. The largest absolute Gasteiger partial charge is 0.481 e. The molecule has 76 valence electrons. The van der Waals surface area contributed by atoms with Gasteiger partial charge in [0.2, 0.25) is 5.91 Å². The van der Waals surface area contributed by atoms with Crippen molar-refractivity contribution in [3.05, 3.63) is 0 Å². The lowest BCUT2D eigenvalue weighted by atomic mass is 10.2. The maximum Gasteiger partial charge on any atom is 0.303 e. The normalized spacial score (nSPS) is 12.2. The van der Waals surface area contributed by atoms with E-state index in [4.69, 9.17) is 10.2 Å². The highest BCUT2D eigenvalue weighted by Gasteiger charge is 2.09. The van der Waals surface area contributed by atoms with Gasteiger partial charge in [0.15, 0.2) is 0 Å². The molecule has 0 aliphatic rings. The summed E-state index contributed by atoms with van der Waals surface area (Å²) in [5.74, 6) is -1.54. The molecule has 5 nitrogen and oxygen atoms in total. The third kappa shape index (κ3) is 6.10. The number of hydrogen-bond donors (Lipinski definition) is 3. The lowest BCUT2D eigenvalue weighted by molar-refractivity contribution is -0.137. The van der Waals surface area contributed by atoms with Gasteiger partial charge in [0.05, 0.1) is 12.5 Å². The lowest BCUT2D eigenvalue weighted by Gasteiger charge is -2.08. The molecule has 0 radical (unpaired) electrons. The molecule has 5 heteroatoms. The number of nitrogens with one attached hydrogen (secondary N) is 1. The predicted octanol–water partition coefficient (Wildman–Crippen LogP) is -0.404. The van der Waals surface area contributed by atoms with Crippen LogP contribution in [0.2, 0.25) is 0 Å². The van der Waals surface area contributed by atoms with Gasteiger partial charge in [-0.3, -0.25) is 9.59 Å². The van der Waals surface area contributed by atoms with E-state index in [9.17, 15) is 9.59 Å². The molecule has 0 fully saturated rings. The van der Waals surface area contributed by atoms with E-state index in [1.54, 1.807) is 6.92 Å². The van der Waals surface area contributed by atoms with Gasteiger partial charge in [-0.1, -0.05) is 6.92 Å². The molecule has 1 atom stereocenters. The minimum absolute atomic E-state index is 0.0494. The summed E-state index contributed by atoms with van der Waals surface area (Å²) in [6, 6.07) is 0. The Labute approximate surface area is 76.8 Å². The first kappa shape index (κ1) is 11.9. The van der Waals surface area contributed by atoms with Crippen LogP contribution >= 0.6 is 0 Å². The van der Waals surface area contributed by atoms with Gasteiger partial charge in [-0.15, -0.1) is 0 Å². The molecule has 0 aromatic rings. The standard InChI is InChI=1S/C8H15NO4/c1-6(5-10)8(13)9-4-2-3-7(11)12/h6,10H,2-5H2,1H3,(H,9,13)(H,11,12). The first-order chi connectivity index (χ1) is 6.07. The fourth-order valence-electron chi connectivity index (χ4n) is 0.708. The maximum absolute atomic E-state index is 11.0. The van der Waals surface area contributed by atoms with Crippen molar-refractivity contribution in [2.75, 3.05) is 13.2 Å². The number of carboxylic acid groups (broad SMARTS) is 1. The Bertz CT molecular complexity index is 181. The fraction of sp³-hybridized carbons (Fsp3) is 0.750. The first-order valence-electron chi connectivity index (χ1n) is 4.18. The molecular formula is C8H15NO4. The van der Waals surface area contributed by atoms with E-state index in [1.165, 1.54) is 0 Å². The molecule has 0 bridgehead atoms. The van der Waals surface area contributed by atoms with Crippen molar-refractivity contribution in [3.63, 3.8) is 0 Å². The molecule has 3 N–H and O–H groups in total. The number of carboxylic acids is 1. The highest BCUT2D eigenvalue weighted by molar-refractivity contribution is 5.78. The molecule has 0 saturated carbocycles. The average molecular weight is 189 g/mol. The van der Waals surface area contributed by atoms with E-state index in [2.05, 4.69) is 5.32 Å². The average Bonchev–Trinajstić information content (AvgIpc) is 2.10. The Morgan fingerprint density at radius 2 is 2.08 bits per heavy atom. The first-order valence-corrected chi connectivity index (χ1v) is 4.18. The number of aliphatic hydroxyl groups is 1. The van der Waals surface area contributed by atoms with Gasteiger partial charge in [-0.05, 0) is 6.42 Å². The van der Waals surface area contributed by atoms with Crippen LogP contribution in [0.25, 0.3) is 0 Å². The molecular weight excluding hydrogens is 174 g/mol. The van der Waals surface area contributed by atoms with Crippen LogP contribution in [0.1, 0.15) is 19.8 Å². The molecule has 1 amide bonds. The number of hydrogen-bond acceptors (Lipinski definition) is 3. The van der Waals surface area contributed by atoms with E-state index in [-0.39, 0.29) is 18.9 Å². The summed E-state index contributed by atoms with van der Waals surface area (Å²) in [6.07, 6.45) is 0.465. The second kappa shape index (κ2) is 6.42. The van der Waals surface area contributed by atoms with E-state index < -0.39 is 11.9 Å². The number of aliphatic carboxylic acids is 1. The van der Waals surface area contributed by atoms with E-state index >= 15 is 0 Å². The van der Waals surface area contributed by atoms with Crippen LogP contribution in [-0.4, -0.2) is 35.2 Å². The maximum atomic E-state index is 11.0. The minimum atomic E-state index is -0.871. The fourth-order valence-corrected chi connectivity index (χ4v) is 0.708. The second-order valence-electron chi connectivity index (χ2n) is 2.87. The summed E-state index contributed by atoms with van der Waals surface area (Å²) in [7, 11) is 0. The highest BCUT2D eigenvalue weighted by atomic mass is 16.4. The van der Waals surface area contributed by atoms with Crippen molar-refractivity contribution in [2.45, 2.75) is 19.8 Å². The Balaban J connectivity index is 3.42. The van der Waals surface area contributed by atoms with Crippen LogP contribution < -0.4 is 5.32 Å². The number of carbonyl (C=O) groups excluding carboxylic acids is 1. The molecule has 0 aliphatic carbocycles. The van der Waals surface area contributed by atoms with Crippen molar-refractivity contribution >= 4 is 11.9 Å². The third-order valence-corrected chi connectivity index (χ3v) is 1.59. The lowest BCUT2D eigenvalue weighted by Crippen LogP contribution is -2.31. The smallest absolute Gasteiger partial charge is 0.303 e. The van der Waals surface area contributed by atoms with Gasteiger partial charge in [0.1, 0.15) is 0 Å². The summed E-state index contributed by atoms with van der Waals surface area (Å²) in [4.78, 5) is 21.1. The Kier molecular flexibility index (Phi) is 5.88. The van der Waals surface area contributed by atoms with Crippen LogP contribution in [0.15, 0.2) is 0 Å². The number of carbonyl (C=O) groups is 2. The zero-order chi connectivity index (χ0) is 10.3. The van der Waals surface area contributed by atoms with Crippen LogP contribution in [0.3, 0.4) is 0 Å². The van der Waals surface area contributed by atoms with Crippen molar-refractivity contribution in [3.8, 4) is 0 Å². The summed E-state index contributed by atoms with van der Waals surface area (Å²) in [5.41, 5.74) is 0. The summed E-state index contributed by atoms with van der Waals surface area (Å²) in [5, 5.41) is 19.4. The molecule has 0 heterocycles. The number of amides is 1. The summed E-state index contributed by atoms with van der Waals surface area (Å²) < 4.78 is 0. The molecule has 0 saturated heterocycles. The van der Waals surface area contributed by atoms with Gasteiger partial charge in [-0.25, -0.2) is 0 Å². The number of rotatable bonds is 6. The van der Waals surface area contributed by atoms with Crippen LogP contribution in [0.4, 0.5) is 0 Å². The van der Waals surface area contributed by atoms with Crippen LogP contribution in [0, 0.1) is 5.92 Å². The van der Waals surface area contributed by atoms with E-state index in [0.717, 1.165) is 0 Å². The Morgan fingerprint density at radius 3 is 2.54 bits per heavy atom. The van der Waals surface area contributed by atoms with Crippen molar-refractivity contribution < 1.29 is 19.8 Å². The number of aliphatic hydroxyl groups excluding tert-OH is 1. The van der Waals surface area contributed by atoms with Crippen molar-refractivity contribution in [1.29, 1.82) is 0 Å². The summed E-state index contributed by atoms with van der Waals surface area (Å²) in [6.45, 7) is 1.76. The zero-order valence-electron chi connectivity index (χ0n) is 7.62. The summed E-state index contributed by atoms with van der Waals surface area (Å²) >= 11 is 0. The zero-order valence-corrected chi connectivity index (χ0v) is 7.62. The Hall–Kier alpha value is -1.10. The SMILES string of the molecule is CC(CO)C(=O)NCCCC(=O)O. The van der Waals surface area contributed by atoms with Gasteiger partial charge < -0.3 is 15.5 Å². The third-order valence-electron chi connectivity index (χ3n) is 1.59. The topological polar surface area (TPSA) is 86.6 Å². The van der Waals surface area contributed by atoms with E-state index in [0.29, 0.717) is 13.0 Å². The monoisotopic (exact) mass is 189 g/mol. The van der Waals surface area contributed by atoms with Gasteiger partial charge >= 0.3 is 5.97 Å². The highest BCUT2D eigenvalue weighted by Crippen LogP contribution is 1.92. The molecule has 13 heavy (non-hydrogen) atoms. The predicted molar refractivity (Wildman–Crippen MR) is 46.1 cm³/mol. The van der Waals surface area contributed by atoms with Crippen LogP contribution in [0.5, 0.6) is 0 Å². The minimum Gasteiger partial charge on any atom is -0.481 e. The molecule has 0 aromatic carbocycles. The van der Waals surface area contributed by atoms with Crippen LogP contribution in [-0.2, 0) is 9.59 Å². The van der Waals surface area contributed by atoms with Crippen molar-refractivity contribution in [1.82, 2.24) is 5.32 Å². The van der Waals surface area contributed by atoms with E-state index in [1.807, 2.05) is 0 Å². The Morgan fingerprint density at radius 1 is 1.46 bits per heavy atom.